The number of piperazine rings is 1. The van der Waals surface area contributed by atoms with Gasteiger partial charge in [-0.3, -0.25) is 4.79 Å². The van der Waals surface area contributed by atoms with Gasteiger partial charge in [0.05, 0.1) is 7.11 Å². The van der Waals surface area contributed by atoms with Crippen molar-refractivity contribution in [1.29, 1.82) is 0 Å². The number of halogens is 2. The summed E-state index contributed by atoms with van der Waals surface area (Å²) in [6.45, 7) is 1.80. The van der Waals surface area contributed by atoms with Crippen LogP contribution in [0.1, 0.15) is 10.4 Å². The molecule has 1 N–H and O–H groups in total. The summed E-state index contributed by atoms with van der Waals surface area (Å²) >= 11 is 11.9. The van der Waals surface area contributed by atoms with Gasteiger partial charge >= 0.3 is 6.03 Å². The van der Waals surface area contributed by atoms with Gasteiger partial charge in [0.1, 0.15) is 5.75 Å². The van der Waals surface area contributed by atoms with Crippen LogP contribution in [0.25, 0.3) is 0 Å². The second-order valence-electron chi connectivity index (χ2n) is 6.10. The van der Waals surface area contributed by atoms with Crippen LogP contribution in [0.4, 0.5) is 10.5 Å². The number of rotatable bonds is 3. The predicted molar refractivity (Wildman–Crippen MR) is 106 cm³/mol. The van der Waals surface area contributed by atoms with E-state index in [-0.39, 0.29) is 11.9 Å². The van der Waals surface area contributed by atoms with Crippen molar-refractivity contribution < 1.29 is 14.3 Å². The maximum Gasteiger partial charge on any atom is 0.321 e. The van der Waals surface area contributed by atoms with E-state index in [0.29, 0.717) is 53.2 Å². The summed E-state index contributed by atoms with van der Waals surface area (Å²) in [5.41, 5.74) is 1.10. The SMILES string of the molecule is COc1cccc(C(=O)N2CCN(C(=O)Nc3cc(Cl)cc(Cl)c3)CC2)c1. The zero-order valence-corrected chi connectivity index (χ0v) is 16.3. The lowest BCUT2D eigenvalue weighted by Crippen LogP contribution is -2.51. The first-order valence-corrected chi connectivity index (χ1v) is 9.17. The molecule has 142 valence electrons. The molecule has 0 aliphatic carbocycles. The molecule has 0 unspecified atom stereocenters. The van der Waals surface area contributed by atoms with Crippen molar-refractivity contribution in [2.45, 2.75) is 0 Å². The molecular formula is C19H19Cl2N3O3. The maximum atomic E-state index is 12.6. The van der Waals surface area contributed by atoms with Crippen molar-refractivity contribution in [3.8, 4) is 5.75 Å². The van der Waals surface area contributed by atoms with Crippen LogP contribution in [-0.2, 0) is 0 Å². The summed E-state index contributed by atoms with van der Waals surface area (Å²) in [5, 5.41) is 3.68. The van der Waals surface area contributed by atoms with Gasteiger partial charge in [-0.25, -0.2) is 4.79 Å². The van der Waals surface area contributed by atoms with Crippen LogP contribution in [0.5, 0.6) is 5.75 Å². The number of hydrogen-bond donors (Lipinski definition) is 1. The first-order chi connectivity index (χ1) is 13.0. The third-order valence-corrected chi connectivity index (χ3v) is 4.72. The van der Waals surface area contributed by atoms with E-state index in [4.69, 9.17) is 27.9 Å². The van der Waals surface area contributed by atoms with E-state index in [0.717, 1.165) is 0 Å². The number of nitrogens with one attached hydrogen (secondary N) is 1. The summed E-state index contributed by atoms with van der Waals surface area (Å²) < 4.78 is 5.16. The van der Waals surface area contributed by atoms with Gasteiger partial charge < -0.3 is 19.9 Å². The molecule has 27 heavy (non-hydrogen) atoms. The fraction of sp³-hybridized carbons (Fsp3) is 0.263. The Morgan fingerprint density at radius 3 is 2.22 bits per heavy atom. The average molecular weight is 408 g/mol. The van der Waals surface area contributed by atoms with Crippen LogP contribution < -0.4 is 10.1 Å². The molecule has 1 heterocycles. The van der Waals surface area contributed by atoms with Gasteiger partial charge in [-0.2, -0.15) is 0 Å². The number of hydrogen-bond acceptors (Lipinski definition) is 3. The minimum atomic E-state index is -0.248. The van der Waals surface area contributed by atoms with Crippen LogP contribution in [0, 0.1) is 0 Å². The standard InChI is InChI=1S/C19H19Cl2N3O3/c1-27-17-4-2-3-13(9-17)18(25)23-5-7-24(8-6-23)19(26)22-16-11-14(20)10-15(21)12-16/h2-4,9-12H,5-8H2,1H3,(H,22,26). The lowest BCUT2D eigenvalue weighted by Gasteiger charge is -2.34. The Balaban J connectivity index is 1.57. The first kappa shape index (κ1) is 19.3. The fourth-order valence-electron chi connectivity index (χ4n) is 2.88. The fourth-order valence-corrected chi connectivity index (χ4v) is 3.41. The van der Waals surface area contributed by atoms with Crippen LogP contribution in [0.15, 0.2) is 42.5 Å². The average Bonchev–Trinajstić information content (AvgIpc) is 2.66. The highest BCUT2D eigenvalue weighted by Crippen LogP contribution is 2.23. The molecule has 0 saturated carbocycles. The normalized spacial score (nSPS) is 14.0. The van der Waals surface area contributed by atoms with Crippen molar-refractivity contribution in [2.24, 2.45) is 0 Å². The van der Waals surface area contributed by atoms with Gasteiger partial charge in [0, 0.05) is 47.5 Å². The topological polar surface area (TPSA) is 61.9 Å². The number of carbonyl (C=O) groups is 2. The van der Waals surface area contributed by atoms with Gasteiger partial charge in [-0.1, -0.05) is 29.3 Å². The second kappa shape index (κ2) is 8.50. The Hall–Kier alpha value is -2.44. The number of amides is 3. The third-order valence-electron chi connectivity index (χ3n) is 4.28. The predicted octanol–water partition coefficient (Wildman–Crippen LogP) is 3.99. The number of carbonyl (C=O) groups excluding carboxylic acids is 2. The molecule has 1 aliphatic rings. The lowest BCUT2D eigenvalue weighted by atomic mass is 10.1. The first-order valence-electron chi connectivity index (χ1n) is 8.41. The zero-order chi connectivity index (χ0) is 19.4. The molecule has 1 saturated heterocycles. The van der Waals surface area contributed by atoms with E-state index in [1.165, 1.54) is 0 Å². The number of urea groups is 1. The third kappa shape index (κ3) is 4.84. The molecule has 0 radical (unpaired) electrons. The largest absolute Gasteiger partial charge is 0.497 e. The number of nitrogens with zero attached hydrogens (tertiary/aromatic N) is 2. The highest BCUT2D eigenvalue weighted by Gasteiger charge is 2.25. The van der Waals surface area contributed by atoms with Gasteiger partial charge in [0.25, 0.3) is 5.91 Å². The minimum Gasteiger partial charge on any atom is -0.497 e. The number of methoxy groups -OCH3 is 1. The van der Waals surface area contributed by atoms with E-state index in [1.807, 2.05) is 0 Å². The van der Waals surface area contributed by atoms with Gasteiger partial charge in [-0.05, 0) is 36.4 Å². The Bertz CT molecular complexity index is 832. The smallest absolute Gasteiger partial charge is 0.321 e. The summed E-state index contributed by atoms with van der Waals surface area (Å²) in [6, 6.07) is 11.7. The molecule has 1 fully saturated rings. The molecule has 2 aromatic carbocycles. The van der Waals surface area contributed by atoms with Gasteiger partial charge in [-0.15, -0.1) is 0 Å². The minimum absolute atomic E-state index is 0.0735. The molecule has 3 amide bonds. The lowest BCUT2D eigenvalue weighted by molar-refractivity contribution is 0.0671. The van der Waals surface area contributed by atoms with Crippen LogP contribution >= 0.6 is 23.2 Å². The molecule has 0 atom stereocenters. The van der Waals surface area contributed by atoms with E-state index in [1.54, 1.807) is 59.4 Å². The molecule has 3 rings (SSSR count). The Morgan fingerprint density at radius 2 is 1.59 bits per heavy atom. The van der Waals surface area contributed by atoms with Crippen LogP contribution in [0.2, 0.25) is 10.0 Å². The number of anilines is 1. The van der Waals surface area contributed by atoms with Crippen molar-refractivity contribution in [3.05, 3.63) is 58.1 Å². The van der Waals surface area contributed by atoms with E-state index < -0.39 is 0 Å². The highest BCUT2D eigenvalue weighted by atomic mass is 35.5. The maximum absolute atomic E-state index is 12.6. The van der Waals surface area contributed by atoms with Crippen molar-refractivity contribution in [1.82, 2.24) is 9.80 Å². The molecule has 0 bridgehead atoms. The van der Waals surface area contributed by atoms with Gasteiger partial charge in [0.15, 0.2) is 0 Å². The molecular weight excluding hydrogens is 389 g/mol. The summed E-state index contributed by atoms with van der Waals surface area (Å²) in [5.74, 6) is 0.564. The second-order valence-corrected chi connectivity index (χ2v) is 6.97. The number of benzene rings is 2. The van der Waals surface area contributed by atoms with Crippen molar-refractivity contribution in [2.75, 3.05) is 38.6 Å². The zero-order valence-electron chi connectivity index (χ0n) is 14.7. The quantitative estimate of drug-likeness (QED) is 0.836. The summed E-state index contributed by atoms with van der Waals surface area (Å²) in [6.07, 6.45) is 0. The highest BCUT2D eigenvalue weighted by molar-refractivity contribution is 6.35. The van der Waals surface area contributed by atoms with Crippen LogP contribution in [0.3, 0.4) is 0 Å². The molecule has 6 nitrogen and oxygen atoms in total. The molecule has 0 spiro atoms. The Kier molecular flexibility index (Phi) is 6.08. The molecule has 8 heteroatoms. The van der Waals surface area contributed by atoms with E-state index in [2.05, 4.69) is 5.32 Å². The molecule has 1 aliphatic heterocycles. The number of ether oxygens (including phenoxy) is 1. The van der Waals surface area contributed by atoms with Crippen molar-refractivity contribution >= 4 is 40.8 Å². The van der Waals surface area contributed by atoms with Crippen molar-refractivity contribution in [3.63, 3.8) is 0 Å². The van der Waals surface area contributed by atoms with E-state index in [9.17, 15) is 9.59 Å². The van der Waals surface area contributed by atoms with Gasteiger partial charge in [0.2, 0.25) is 0 Å². The monoisotopic (exact) mass is 407 g/mol. The summed E-state index contributed by atoms with van der Waals surface area (Å²) in [4.78, 5) is 28.4. The Morgan fingerprint density at radius 1 is 0.963 bits per heavy atom. The Labute approximate surface area is 167 Å². The molecule has 0 aromatic heterocycles. The van der Waals surface area contributed by atoms with Crippen LogP contribution in [-0.4, -0.2) is 55.0 Å². The van der Waals surface area contributed by atoms with E-state index >= 15 is 0 Å². The molecule has 2 aromatic rings. The summed E-state index contributed by atoms with van der Waals surface area (Å²) in [7, 11) is 1.56.